The van der Waals surface area contributed by atoms with Crippen molar-refractivity contribution in [2.24, 2.45) is 0 Å². The zero-order valence-electron chi connectivity index (χ0n) is 30.7. The largest absolute Gasteiger partial charge is 0.458 e. The van der Waals surface area contributed by atoms with Gasteiger partial charge in [0.15, 0.2) is 0 Å². The first-order valence-corrected chi connectivity index (χ1v) is 17.4. The van der Waals surface area contributed by atoms with Gasteiger partial charge >= 0.3 is 11.9 Å². The molecule has 1 aliphatic rings. The fraction of sp³-hybridized carbons (Fsp3) is 0.234. The van der Waals surface area contributed by atoms with Gasteiger partial charge in [-0.3, -0.25) is 0 Å². The van der Waals surface area contributed by atoms with E-state index in [0.29, 0.717) is 29.7 Å². The van der Waals surface area contributed by atoms with Gasteiger partial charge in [-0.25, -0.2) is 9.59 Å². The zero-order chi connectivity index (χ0) is 36.8. The number of terminal acetylenes is 1. The Labute approximate surface area is 304 Å². The van der Waals surface area contributed by atoms with E-state index < -0.39 is 11.9 Å². The molecule has 1 unspecified atom stereocenters. The number of carbonyl (C=O) groups is 2. The van der Waals surface area contributed by atoms with Gasteiger partial charge in [-0.2, -0.15) is 0 Å². The summed E-state index contributed by atoms with van der Waals surface area (Å²) in [7, 11) is 0. The highest BCUT2D eigenvalue weighted by atomic mass is 16.5. The molecule has 0 saturated heterocycles. The maximum Gasteiger partial charge on any atom is 0.343 e. The number of benzene rings is 3. The predicted octanol–water partition coefficient (Wildman–Crippen LogP) is 11.3. The number of allylic oxidation sites excluding steroid dienone is 11. The second kappa shape index (κ2) is 18.9. The van der Waals surface area contributed by atoms with Crippen LogP contribution in [-0.2, 0) is 16.0 Å². The number of ether oxygens (including phenoxy) is 2. The Hall–Kier alpha value is -5.66. The van der Waals surface area contributed by atoms with Gasteiger partial charge in [-0.05, 0) is 117 Å². The van der Waals surface area contributed by atoms with Gasteiger partial charge in [0.25, 0.3) is 0 Å². The summed E-state index contributed by atoms with van der Waals surface area (Å²) >= 11 is 0. The Balaban J connectivity index is 1.38. The summed E-state index contributed by atoms with van der Waals surface area (Å²) in [5, 5.41) is 0. The lowest BCUT2D eigenvalue weighted by Crippen LogP contribution is -2.08. The Morgan fingerprint density at radius 3 is 2.31 bits per heavy atom. The molecule has 0 amide bonds. The van der Waals surface area contributed by atoms with Gasteiger partial charge < -0.3 is 9.47 Å². The molecule has 4 rings (SSSR count). The van der Waals surface area contributed by atoms with E-state index in [1.54, 1.807) is 12.2 Å². The molecule has 4 nitrogen and oxygen atoms in total. The lowest BCUT2D eigenvalue weighted by Gasteiger charge is -2.09. The molecule has 0 N–H and O–H groups in total. The minimum atomic E-state index is -0.420. The van der Waals surface area contributed by atoms with E-state index >= 15 is 0 Å². The second-order valence-corrected chi connectivity index (χ2v) is 12.9. The third-order valence-electron chi connectivity index (χ3n) is 8.76. The van der Waals surface area contributed by atoms with E-state index in [1.807, 2.05) is 73.7 Å². The van der Waals surface area contributed by atoms with Crippen LogP contribution in [0.15, 0.2) is 138 Å². The molecule has 0 heterocycles. The van der Waals surface area contributed by atoms with Crippen LogP contribution < -0.4 is 4.74 Å². The molecule has 51 heavy (non-hydrogen) atoms. The second-order valence-electron chi connectivity index (χ2n) is 12.9. The van der Waals surface area contributed by atoms with Crippen molar-refractivity contribution in [1.29, 1.82) is 0 Å². The van der Waals surface area contributed by atoms with Gasteiger partial charge in [0.2, 0.25) is 0 Å². The van der Waals surface area contributed by atoms with E-state index in [1.165, 1.54) is 22.3 Å². The fourth-order valence-corrected chi connectivity index (χ4v) is 5.84. The first kappa shape index (κ1) is 38.1. The number of hydrogen-bond donors (Lipinski definition) is 0. The number of hydrogen-bond acceptors (Lipinski definition) is 4. The molecule has 4 heteroatoms. The topological polar surface area (TPSA) is 52.6 Å². The van der Waals surface area contributed by atoms with Gasteiger partial charge in [0, 0.05) is 12.3 Å². The van der Waals surface area contributed by atoms with Crippen molar-refractivity contribution in [3.8, 4) is 18.1 Å². The van der Waals surface area contributed by atoms with Gasteiger partial charge in [-0.15, -0.1) is 12.3 Å². The molecule has 0 saturated carbocycles. The summed E-state index contributed by atoms with van der Waals surface area (Å²) < 4.78 is 11.4. The molecule has 3 aromatic rings. The van der Waals surface area contributed by atoms with E-state index in [2.05, 4.69) is 83.0 Å². The number of esters is 2. The van der Waals surface area contributed by atoms with Crippen molar-refractivity contribution >= 4 is 23.1 Å². The van der Waals surface area contributed by atoms with Crippen molar-refractivity contribution in [1.82, 2.24) is 0 Å². The van der Waals surface area contributed by atoms with Gasteiger partial charge in [-0.1, -0.05) is 109 Å². The Bertz CT molecular complexity index is 1960. The third-order valence-corrected chi connectivity index (χ3v) is 8.76. The first-order valence-electron chi connectivity index (χ1n) is 17.4. The van der Waals surface area contributed by atoms with Crippen LogP contribution in [0, 0.1) is 19.3 Å². The van der Waals surface area contributed by atoms with Crippen molar-refractivity contribution in [3.63, 3.8) is 0 Å². The van der Waals surface area contributed by atoms with Crippen LogP contribution in [-0.4, -0.2) is 18.5 Å². The van der Waals surface area contributed by atoms with Crippen LogP contribution in [0.2, 0.25) is 0 Å². The number of carbonyl (C=O) groups excluding carboxylic acids is 2. The summed E-state index contributed by atoms with van der Waals surface area (Å²) in [6.45, 7) is 12.6. The highest BCUT2D eigenvalue weighted by Gasteiger charge is 2.28. The quantitative estimate of drug-likeness (QED) is 0.0451. The average molecular weight is 677 g/mol. The molecule has 0 radical (unpaired) electrons. The highest BCUT2D eigenvalue weighted by Crippen LogP contribution is 2.46. The molecular weight excluding hydrogens is 629 g/mol. The minimum absolute atomic E-state index is 0.122. The maximum atomic E-state index is 13.0. The number of fused-ring (bicyclic) bond motifs is 1. The van der Waals surface area contributed by atoms with Crippen molar-refractivity contribution in [2.45, 2.75) is 66.7 Å². The Morgan fingerprint density at radius 1 is 0.902 bits per heavy atom. The van der Waals surface area contributed by atoms with Crippen molar-refractivity contribution in [3.05, 3.63) is 172 Å². The standard InChI is InChI=1S/C47H48O4/c1-8-10-18-39(19-14-17-37-23-21-34(5)22-24-37)46(48)50-31-12-11-20-43-42(9-2)36(7)45-32-41(29-30-44(43)45)51-47(49)40-27-25-38(26-28-40)35(6)16-13-15-33(3)4/h1,9,11-12,14-16,18-30,32,36H,10,13,17,31H2,2-7H3/b12-11+,19-14-,35-16+,39-18+,42-9-,43-20+. The third kappa shape index (κ3) is 10.9. The molecule has 260 valence electrons. The summed E-state index contributed by atoms with van der Waals surface area (Å²) in [5.41, 5.74) is 11.3. The molecule has 0 aromatic heterocycles. The lowest BCUT2D eigenvalue weighted by atomic mass is 9.99. The Morgan fingerprint density at radius 2 is 1.63 bits per heavy atom. The smallest absolute Gasteiger partial charge is 0.343 e. The number of aryl methyl sites for hydroxylation is 1. The molecular formula is C47H48O4. The predicted molar refractivity (Wildman–Crippen MR) is 211 cm³/mol. The normalized spacial score (nSPS) is 16.1. The molecule has 1 aliphatic carbocycles. The zero-order valence-corrected chi connectivity index (χ0v) is 30.7. The summed E-state index contributed by atoms with van der Waals surface area (Å²) in [4.78, 5) is 25.9. The van der Waals surface area contributed by atoms with Crippen LogP contribution in [0.25, 0.3) is 11.1 Å². The van der Waals surface area contributed by atoms with Crippen LogP contribution in [0.3, 0.4) is 0 Å². The minimum Gasteiger partial charge on any atom is -0.458 e. The van der Waals surface area contributed by atoms with Crippen molar-refractivity contribution in [2.75, 3.05) is 6.61 Å². The van der Waals surface area contributed by atoms with E-state index in [-0.39, 0.29) is 12.5 Å². The first-order chi connectivity index (χ1) is 24.6. The molecule has 1 atom stereocenters. The molecule has 0 bridgehead atoms. The van der Waals surface area contributed by atoms with E-state index in [4.69, 9.17) is 15.9 Å². The molecule has 0 fully saturated rings. The van der Waals surface area contributed by atoms with Crippen LogP contribution in [0.5, 0.6) is 5.75 Å². The summed E-state index contributed by atoms with van der Waals surface area (Å²) in [6, 6.07) is 21.6. The van der Waals surface area contributed by atoms with Crippen LogP contribution in [0.1, 0.15) is 91.6 Å². The lowest BCUT2D eigenvalue weighted by molar-refractivity contribution is -0.137. The van der Waals surface area contributed by atoms with E-state index in [9.17, 15) is 9.59 Å². The van der Waals surface area contributed by atoms with Crippen LogP contribution >= 0.6 is 0 Å². The molecule has 0 aliphatic heterocycles. The SMILES string of the molecule is C#CC/C=C(\C=C/Cc1ccc(C)cc1)C(=O)OC/C=C/C=C1\C(=C/C)C(C)c2cc(OC(=O)c3ccc(/C(C)=C/CC=C(C)C)cc3)ccc21. The Kier molecular flexibility index (Phi) is 14.2. The van der Waals surface area contributed by atoms with Gasteiger partial charge in [0.05, 0.1) is 11.1 Å². The molecule has 0 spiro atoms. The fourth-order valence-electron chi connectivity index (χ4n) is 5.84. The molecule has 3 aromatic carbocycles. The average Bonchev–Trinajstić information content (AvgIpc) is 3.39. The van der Waals surface area contributed by atoms with Crippen molar-refractivity contribution < 1.29 is 19.1 Å². The van der Waals surface area contributed by atoms with Gasteiger partial charge in [0.1, 0.15) is 12.4 Å². The summed E-state index contributed by atoms with van der Waals surface area (Å²) in [6.07, 6.45) is 25.0. The maximum absolute atomic E-state index is 13.0. The highest BCUT2D eigenvalue weighted by molar-refractivity contribution is 5.93. The summed E-state index contributed by atoms with van der Waals surface area (Å²) in [5.74, 6) is 2.37. The monoisotopic (exact) mass is 676 g/mol. The number of rotatable bonds is 13. The van der Waals surface area contributed by atoms with Crippen LogP contribution in [0.4, 0.5) is 0 Å². The van der Waals surface area contributed by atoms with E-state index in [0.717, 1.165) is 34.2 Å².